The predicted molar refractivity (Wildman–Crippen MR) is 99.7 cm³/mol. The summed E-state index contributed by atoms with van der Waals surface area (Å²) in [7, 11) is 2.74. The van der Waals surface area contributed by atoms with E-state index < -0.39 is 35.3 Å². The molecule has 28 heavy (non-hydrogen) atoms. The zero-order valence-electron chi connectivity index (χ0n) is 15.9. The maximum Gasteiger partial charge on any atom is 0.331 e. The molecule has 0 aliphatic carbocycles. The van der Waals surface area contributed by atoms with E-state index in [1.54, 1.807) is 30.3 Å². The van der Waals surface area contributed by atoms with Gasteiger partial charge in [0, 0.05) is 12.7 Å². The first kappa shape index (κ1) is 18.3. The molecular weight excluding hydrogens is 358 g/mol. The second-order valence-electron chi connectivity index (χ2n) is 7.23. The lowest BCUT2D eigenvalue weighted by Gasteiger charge is -2.32. The summed E-state index contributed by atoms with van der Waals surface area (Å²) in [6.07, 6.45) is 0. The zero-order chi connectivity index (χ0) is 20.1. The number of carbonyl (C=O) groups is 3. The standard InChI is InChI=1S/C21H21N3O4/c1-12-8-7-11-14(22-12)17-15-16(19(26)24(2)18(15)25)21(23-17,20(27)28-3)13-9-5-4-6-10-13/h4-11,15-17,23H,1-3H3/t15-,16-,17-,21-/m1/s1. The third kappa shape index (κ3) is 2.39. The Kier molecular flexibility index (Phi) is 4.27. The first-order valence-corrected chi connectivity index (χ1v) is 9.08. The van der Waals surface area contributed by atoms with Gasteiger partial charge in [0.25, 0.3) is 0 Å². The Hall–Kier alpha value is -3.06. The number of pyridine rings is 1. The highest BCUT2D eigenvalue weighted by Crippen LogP contribution is 2.52. The summed E-state index contributed by atoms with van der Waals surface area (Å²) in [6.45, 7) is 1.86. The van der Waals surface area contributed by atoms with Gasteiger partial charge in [-0.2, -0.15) is 0 Å². The van der Waals surface area contributed by atoms with Crippen molar-refractivity contribution < 1.29 is 19.1 Å². The minimum atomic E-state index is -1.46. The second-order valence-corrected chi connectivity index (χ2v) is 7.23. The van der Waals surface area contributed by atoms with Crippen LogP contribution in [0.4, 0.5) is 0 Å². The molecule has 1 aromatic heterocycles. The van der Waals surface area contributed by atoms with E-state index in [2.05, 4.69) is 10.3 Å². The number of benzene rings is 1. The normalized spacial score (nSPS) is 29.1. The van der Waals surface area contributed by atoms with Crippen LogP contribution < -0.4 is 5.32 Å². The summed E-state index contributed by atoms with van der Waals surface area (Å²) in [6, 6.07) is 13.9. The maximum absolute atomic E-state index is 13.1. The van der Waals surface area contributed by atoms with Gasteiger partial charge in [-0.25, -0.2) is 4.79 Å². The molecular formula is C21H21N3O4. The molecule has 0 bridgehead atoms. The molecule has 2 aliphatic heterocycles. The van der Waals surface area contributed by atoms with Crippen LogP contribution in [0.25, 0.3) is 0 Å². The van der Waals surface area contributed by atoms with E-state index in [1.165, 1.54) is 14.2 Å². The van der Waals surface area contributed by atoms with Gasteiger partial charge >= 0.3 is 5.97 Å². The molecule has 7 heteroatoms. The number of ether oxygens (including phenoxy) is 1. The average Bonchev–Trinajstić information content (AvgIpc) is 3.19. The first-order chi connectivity index (χ1) is 13.4. The second kappa shape index (κ2) is 6.53. The zero-order valence-corrected chi connectivity index (χ0v) is 15.9. The Bertz CT molecular complexity index is 961. The van der Waals surface area contributed by atoms with Crippen LogP contribution in [0.1, 0.15) is 23.0 Å². The number of carbonyl (C=O) groups excluding carboxylic acids is 3. The summed E-state index contributed by atoms with van der Waals surface area (Å²) >= 11 is 0. The number of rotatable bonds is 3. The Labute approximate surface area is 162 Å². The van der Waals surface area contributed by atoms with Crippen molar-refractivity contribution in [2.45, 2.75) is 18.5 Å². The number of nitrogens with one attached hydrogen (secondary N) is 1. The van der Waals surface area contributed by atoms with Gasteiger partial charge in [-0.1, -0.05) is 36.4 Å². The number of likely N-dealkylation sites (tertiary alicyclic amines) is 1. The van der Waals surface area contributed by atoms with Crippen molar-refractivity contribution in [2.75, 3.05) is 14.2 Å². The van der Waals surface area contributed by atoms with E-state index in [0.717, 1.165) is 10.6 Å². The van der Waals surface area contributed by atoms with E-state index >= 15 is 0 Å². The molecule has 2 aliphatic rings. The number of aryl methyl sites for hydroxylation is 1. The molecule has 4 atom stereocenters. The SMILES string of the molecule is COC(=O)[C@]1(c2ccccc2)N[C@H](c2cccc(C)n2)[C@@H]2C(=O)N(C)C(=O)[C@@H]21. The fourth-order valence-corrected chi connectivity index (χ4v) is 4.48. The van der Waals surface area contributed by atoms with Crippen LogP contribution in [0, 0.1) is 18.8 Å². The minimum absolute atomic E-state index is 0.322. The van der Waals surface area contributed by atoms with Crippen LogP contribution in [0.5, 0.6) is 0 Å². The van der Waals surface area contributed by atoms with Gasteiger partial charge in [-0.05, 0) is 24.6 Å². The number of fused-ring (bicyclic) bond motifs is 1. The van der Waals surface area contributed by atoms with E-state index in [4.69, 9.17) is 4.74 Å². The third-order valence-electron chi connectivity index (χ3n) is 5.75. The monoisotopic (exact) mass is 379 g/mol. The molecule has 2 fully saturated rings. The van der Waals surface area contributed by atoms with Crippen molar-refractivity contribution in [3.63, 3.8) is 0 Å². The van der Waals surface area contributed by atoms with Gasteiger partial charge in [0.15, 0.2) is 5.54 Å². The van der Waals surface area contributed by atoms with Crippen molar-refractivity contribution in [2.24, 2.45) is 11.8 Å². The Morgan fingerprint density at radius 2 is 1.82 bits per heavy atom. The number of nitrogens with zero attached hydrogens (tertiary/aromatic N) is 2. The molecule has 4 rings (SSSR count). The first-order valence-electron chi connectivity index (χ1n) is 9.08. The highest BCUT2D eigenvalue weighted by Gasteiger charge is 2.69. The number of esters is 1. The minimum Gasteiger partial charge on any atom is -0.467 e. The van der Waals surface area contributed by atoms with Crippen LogP contribution in [0.15, 0.2) is 48.5 Å². The molecule has 3 heterocycles. The number of methoxy groups -OCH3 is 1. The largest absolute Gasteiger partial charge is 0.467 e. The van der Waals surface area contributed by atoms with Gasteiger partial charge in [0.1, 0.15) is 0 Å². The summed E-state index contributed by atoms with van der Waals surface area (Å²) < 4.78 is 5.12. The Morgan fingerprint density at radius 1 is 1.11 bits per heavy atom. The summed E-state index contributed by atoms with van der Waals surface area (Å²) in [5.41, 5.74) is 0.529. The third-order valence-corrected chi connectivity index (χ3v) is 5.75. The molecule has 1 aromatic carbocycles. The van der Waals surface area contributed by atoms with Crippen LogP contribution in [0.3, 0.4) is 0 Å². The fourth-order valence-electron chi connectivity index (χ4n) is 4.48. The Morgan fingerprint density at radius 3 is 2.46 bits per heavy atom. The summed E-state index contributed by atoms with van der Waals surface area (Å²) in [5.74, 6) is -2.97. The van der Waals surface area contributed by atoms with Gasteiger partial charge in [-0.3, -0.25) is 24.8 Å². The van der Waals surface area contributed by atoms with Gasteiger partial charge in [0.05, 0.1) is 30.7 Å². The topological polar surface area (TPSA) is 88.6 Å². The molecule has 0 saturated carbocycles. The van der Waals surface area contributed by atoms with E-state index in [9.17, 15) is 14.4 Å². The van der Waals surface area contributed by atoms with E-state index in [-0.39, 0.29) is 5.91 Å². The number of imide groups is 1. The van der Waals surface area contributed by atoms with Crippen molar-refractivity contribution in [3.05, 3.63) is 65.5 Å². The van der Waals surface area contributed by atoms with Crippen molar-refractivity contribution >= 4 is 17.8 Å². The predicted octanol–water partition coefficient (Wildman–Crippen LogP) is 1.33. The number of aromatic nitrogens is 1. The maximum atomic E-state index is 13.1. The van der Waals surface area contributed by atoms with E-state index in [1.807, 2.05) is 25.1 Å². The smallest absolute Gasteiger partial charge is 0.331 e. The molecule has 7 nitrogen and oxygen atoms in total. The van der Waals surface area contributed by atoms with Crippen molar-refractivity contribution in [1.82, 2.24) is 15.2 Å². The number of hydrogen-bond acceptors (Lipinski definition) is 6. The molecule has 2 amide bonds. The molecule has 2 saturated heterocycles. The van der Waals surface area contributed by atoms with E-state index in [0.29, 0.717) is 11.3 Å². The van der Waals surface area contributed by atoms with Crippen LogP contribution in [-0.4, -0.2) is 41.8 Å². The molecule has 0 spiro atoms. The lowest BCUT2D eigenvalue weighted by atomic mass is 9.75. The Balaban J connectivity index is 1.95. The van der Waals surface area contributed by atoms with Gasteiger partial charge in [-0.15, -0.1) is 0 Å². The van der Waals surface area contributed by atoms with Crippen LogP contribution in [0.2, 0.25) is 0 Å². The lowest BCUT2D eigenvalue weighted by molar-refractivity contribution is -0.154. The summed E-state index contributed by atoms with van der Waals surface area (Å²) in [4.78, 5) is 44.8. The quantitative estimate of drug-likeness (QED) is 0.639. The highest BCUT2D eigenvalue weighted by molar-refractivity contribution is 6.09. The van der Waals surface area contributed by atoms with Crippen molar-refractivity contribution in [3.8, 4) is 0 Å². The number of amides is 2. The molecule has 144 valence electrons. The highest BCUT2D eigenvalue weighted by atomic mass is 16.5. The summed E-state index contributed by atoms with van der Waals surface area (Å²) in [5, 5.41) is 3.29. The van der Waals surface area contributed by atoms with Crippen LogP contribution in [-0.2, 0) is 24.7 Å². The molecule has 2 aromatic rings. The molecule has 0 radical (unpaired) electrons. The van der Waals surface area contributed by atoms with Gasteiger partial charge in [0.2, 0.25) is 11.8 Å². The number of hydrogen-bond donors (Lipinski definition) is 1. The molecule has 1 N–H and O–H groups in total. The van der Waals surface area contributed by atoms with Gasteiger partial charge < -0.3 is 4.74 Å². The fraction of sp³-hybridized carbons (Fsp3) is 0.333. The lowest BCUT2D eigenvalue weighted by Crippen LogP contribution is -2.53. The molecule has 0 unspecified atom stereocenters. The average molecular weight is 379 g/mol. The van der Waals surface area contributed by atoms with Crippen molar-refractivity contribution in [1.29, 1.82) is 0 Å². The van der Waals surface area contributed by atoms with Crippen LogP contribution >= 0.6 is 0 Å².